The highest BCUT2D eigenvalue weighted by Crippen LogP contribution is 2.16. The third-order valence-corrected chi connectivity index (χ3v) is 5.34. The predicted molar refractivity (Wildman–Crippen MR) is 114 cm³/mol. The van der Waals surface area contributed by atoms with Crippen LogP contribution in [0.4, 0.5) is 5.69 Å². The Morgan fingerprint density at radius 3 is 2.58 bits per heavy atom. The number of amides is 2. The summed E-state index contributed by atoms with van der Waals surface area (Å²) in [6.45, 7) is 0.541. The SMILES string of the molecule is Cn1c(CNC(=O)c2cccc([N+](=O)[O-])c2)nnc1SCC(=O)NCc1ccccc1. The molecule has 0 radical (unpaired) electrons. The molecule has 0 aliphatic rings. The molecule has 0 unspecified atom stereocenters. The quantitative estimate of drug-likeness (QED) is 0.296. The number of hydrogen-bond acceptors (Lipinski definition) is 7. The number of nitro benzene ring substituents is 1. The first-order valence-electron chi connectivity index (χ1n) is 9.28. The van der Waals surface area contributed by atoms with Gasteiger partial charge in [-0.3, -0.25) is 19.7 Å². The lowest BCUT2D eigenvalue weighted by atomic mass is 10.2. The van der Waals surface area contributed by atoms with E-state index in [1.165, 1.54) is 36.0 Å². The first-order chi connectivity index (χ1) is 14.9. The zero-order valence-corrected chi connectivity index (χ0v) is 17.5. The average Bonchev–Trinajstić information content (AvgIpc) is 3.14. The van der Waals surface area contributed by atoms with Gasteiger partial charge in [-0.05, 0) is 11.6 Å². The molecule has 0 atom stereocenters. The van der Waals surface area contributed by atoms with E-state index in [1.807, 2.05) is 30.3 Å². The van der Waals surface area contributed by atoms with Gasteiger partial charge in [-0.25, -0.2) is 0 Å². The second-order valence-corrected chi connectivity index (χ2v) is 7.44. The molecule has 2 aromatic carbocycles. The van der Waals surface area contributed by atoms with Crippen molar-refractivity contribution in [3.8, 4) is 0 Å². The van der Waals surface area contributed by atoms with E-state index in [1.54, 1.807) is 11.6 Å². The van der Waals surface area contributed by atoms with Gasteiger partial charge in [0.2, 0.25) is 5.91 Å². The number of nitrogens with zero attached hydrogens (tertiary/aromatic N) is 4. The summed E-state index contributed by atoms with van der Waals surface area (Å²) in [6.07, 6.45) is 0. The van der Waals surface area contributed by atoms with Gasteiger partial charge >= 0.3 is 0 Å². The van der Waals surface area contributed by atoms with Gasteiger partial charge in [0.25, 0.3) is 11.6 Å². The van der Waals surface area contributed by atoms with Crippen molar-refractivity contribution in [1.29, 1.82) is 0 Å². The highest BCUT2D eigenvalue weighted by atomic mass is 32.2. The summed E-state index contributed by atoms with van der Waals surface area (Å²) in [5.74, 6) is 0.0864. The highest BCUT2D eigenvalue weighted by molar-refractivity contribution is 7.99. The second-order valence-electron chi connectivity index (χ2n) is 6.50. The third-order valence-electron chi connectivity index (χ3n) is 4.32. The van der Waals surface area contributed by atoms with Crippen molar-refractivity contribution in [3.63, 3.8) is 0 Å². The fraction of sp³-hybridized carbons (Fsp3) is 0.200. The largest absolute Gasteiger partial charge is 0.351 e. The maximum atomic E-state index is 12.3. The van der Waals surface area contributed by atoms with Crippen LogP contribution in [-0.2, 0) is 24.9 Å². The van der Waals surface area contributed by atoms with E-state index < -0.39 is 10.8 Å². The number of rotatable bonds is 9. The van der Waals surface area contributed by atoms with Crippen molar-refractivity contribution in [2.24, 2.45) is 7.05 Å². The smallest absolute Gasteiger partial charge is 0.270 e. The lowest BCUT2D eigenvalue weighted by Gasteiger charge is -2.07. The van der Waals surface area contributed by atoms with Crippen LogP contribution in [0.25, 0.3) is 0 Å². The normalized spacial score (nSPS) is 10.5. The molecule has 0 saturated carbocycles. The van der Waals surface area contributed by atoms with Crippen LogP contribution in [0.3, 0.4) is 0 Å². The number of nitro groups is 1. The minimum Gasteiger partial charge on any atom is -0.351 e. The van der Waals surface area contributed by atoms with Gasteiger partial charge < -0.3 is 15.2 Å². The Morgan fingerprint density at radius 1 is 1.06 bits per heavy atom. The second kappa shape index (κ2) is 10.3. The van der Waals surface area contributed by atoms with E-state index in [9.17, 15) is 19.7 Å². The first-order valence-corrected chi connectivity index (χ1v) is 10.3. The van der Waals surface area contributed by atoms with Crippen LogP contribution in [0.2, 0.25) is 0 Å². The van der Waals surface area contributed by atoms with E-state index in [0.717, 1.165) is 5.56 Å². The fourth-order valence-electron chi connectivity index (χ4n) is 2.62. The number of carbonyl (C=O) groups excluding carboxylic acids is 2. The predicted octanol–water partition coefficient (Wildman–Crippen LogP) is 2.06. The van der Waals surface area contributed by atoms with Gasteiger partial charge in [-0.1, -0.05) is 48.2 Å². The lowest BCUT2D eigenvalue weighted by Crippen LogP contribution is -2.25. The summed E-state index contributed by atoms with van der Waals surface area (Å²) in [5, 5.41) is 25.0. The van der Waals surface area contributed by atoms with Crippen LogP contribution in [-0.4, -0.2) is 37.3 Å². The molecular formula is C20H20N6O4S. The molecule has 2 amide bonds. The van der Waals surface area contributed by atoms with E-state index in [-0.39, 0.29) is 29.5 Å². The van der Waals surface area contributed by atoms with E-state index in [0.29, 0.717) is 17.5 Å². The summed E-state index contributed by atoms with van der Waals surface area (Å²) < 4.78 is 1.68. The molecule has 0 saturated heterocycles. The Morgan fingerprint density at radius 2 is 1.84 bits per heavy atom. The van der Waals surface area contributed by atoms with Crippen LogP contribution in [0.5, 0.6) is 0 Å². The Kier molecular flexibility index (Phi) is 7.33. The van der Waals surface area contributed by atoms with Gasteiger partial charge in [0.1, 0.15) is 0 Å². The molecule has 1 aromatic heterocycles. The van der Waals surface area contributed by atoms with Crippen molar-refractivity contribution in [1.82, 2.24) is 25.4 Å². The molecule has 11 heteroatoms. The standard InChI is InChI=1S/C20H20N6O4S/c1-25-17(12-22-19(28)15-8-5-9-16(10-15)26(29)30)23-24-20(25)31-13-18(27)21-11-14-6-3-2-4-7-14/h2-10H,11-13H2,1H3,(H,21,27)(H,22,28). The average molecular weight is 440 g/mol. The van der Waals surface area contributed by atoms with Crippen molar-refractivity contribution in [2.45, 2.75) is 18.2 Å². The van der Waals surface area contributed by atoms with Gasteiger partial charge in [0, 0.05) is 31.3 Å². The topological polar surface area (TPSA) is 132 Å². The summed E-state index contributed by atoms with van der Waals surface area (Å²) in [4.78, 5) is 34.6. The van der Waals surface area contributed by atoms with Gasteiger partial charge in [-0.2, -0.15) is 0 Å². The number of non-ortho nitro benzene ring substituents is 1. The van der Waals surface area contributed by atoms with Crippen LogP contribution < -0.4 is 10.6 Å². The Balaban J connectivity index is 1.49. The zero-order valence-electron chi connectivity index (χ0n) is 16.6. The third kappa shape index (κ3) is 6.12. The number of benzene rings is 2. The van der Waals surface area contributed by atoms with Gasteiger partial charge in [0.15, 0.2) is 11.0 Å². The zero-order chi connectivity index (χ0) is 22.2. The molecule has 0 fully saturated rings. The molecule has 0 aliphatic heterocycles. The number of thioether (sulfide) groups is 1. The molecule has 10 nitrogen and oxygen atoms in total. The van der Waals surface area contributed by atoms with Crippen molar-refractivity contribution < 1.29 is 14.5 Å². The molecule has 0 aliphatic carbocycles. The van der Waals surface area contributed by atoms with Crippen LogP contribution in [0.15, 0.2) is 59.8 Å². The van der Waals surface area contributed by atoms with Crippen molar-refractivity contribution >= 4 is 29.3 Å². The maximum Gasteiger partial charge on any atom is 0.270 e. The molecule has 31 heavy (non-hydrogen) atoms. The summed E-state index contributed by atoms with van der Waals surface area (Å²) in [7, 11) is 1.74. The summed E-state index contributed by atoms with van der Waals surface area (Å²) >= 11 is 1.24. The molecule has 3 rings (SSSR count). The minimum atomic E-state index is -0.557. The van der Waals surface area contributed by atoms with E-state index in [4.69, 9.17) is 0 Å². The minimum absolute atomic E-state index is 0.0891. The maximum absolute atomic E-state index is 12.3. The van der Waals surface area contributed by atoms with Gasteiger partial charge in [0.05, 0.1) is 17.2 Å². The molecule has 1 heterocycles. The fourth-order valence-corrected chi connectivity index (χ4v) is 3.38. The summed E-state index contributed by atoms with van der Waals surface area (Å²) in [5.41, 5.74) is 1.04. The highest BCUT2D eigenvalue weighted by Gasteiger charge is 2.14. The van der Waals surface area contributed by atoms with Crippen LogP contribution in [0, 0.1) is 10.1 Å². The number of nitrogens with one attached hydrogen (secondary N) is 2. The molecule has 3 aromatic rings. The van der Waals surface area contributed by atoms with Crippen molar-refractivity contribution in [3.05, 3.63) is 81.7 Å². The van der Waals surface area contributed by atoms with Gasteiger partial charge in [-0.15, -0.1) is 10.2 Å². The van der Waals surface area contributed by atoms with Crippen LogP contribution in [0.1, 0.15) is 21.7 Å². The number of carbonyl (C=O) groups is 2. The monoisotopic (exact) mass is 440 g/mol. The molecular weight excluding hydrogens is 420 g/mol. The molecule has 2 N–H and O–H groups in total. The Bertz CT molecular complexity index is 1090. The first kappa shape index (κ1) is 22.0. The van der Waals surface area contributed by atoms with E-state index in [2.05, 4.69) is 20.8 Å². The number of aromatic nitrogens is 3. The molecule has 0 bridgehead atoms. The van der Waals surface area contributed by atoms with E-state index >= 15 is 0 Å². The molecule has 160 valence electrons. The Labute approximate surface area is 182 Å². The molecule has 0 spiro atoms. The lowest BCUT2D eigenvalue weighted by molar-refractivity contribution is -0.384. The van der Waals surface area contributed by atoms with Crippen LogP contribution >= 0.6 is 11.8 Å². The van der Waals surface area contributed by atoms with Crippen molar-refractivity contribution in [2.75, 3.05) is 5.75 Å². The Hall–Kier alpha value is -3.73. The number of hydrogen-bond donors (Lipinski definition) is 2. The summed E-state index contributed by atoms with van der Waals surface area (Å²) in [6, 6.07) is 15.1.